The van der Waals surface area contributed by atoms with Crippen molar-refractivity contribution in [2.45, 2.75) is 49.6 Å². The van der Waals surface area contributed by atoms with Gasteiger partial charge in [-0.3, -0.25) is 14.4 Å². The number of aromatic hydroxyl groups is 2. The fraction of sp³-hybridized carbons (Fsp3) is 0.423. The van der Waals surface area contributed by atoms with Crippen molar-refractivity contribution < 1.29 is 29.3 Å². The third-order valence-electron chi connectivity index (χ3n) is 8.34. The Morgan fingerprint density at radius 2 is 1.68 bits per heavy atom. The fourth-order valence-electron chi connectivity index (χ4n) is 6.58. The van der Waals surface area contributed by atoms with Gasteiger partial charge in [-0.25, -0.2) is 0 Å². The summed E-state index contributed by atoms with van der Waals surface area (Å²) >= 11 is 0. The van der Waals surface area contributed by atoms with E-state index in [0.717, 1.165) is 19.3 Å². The normalized spacial score (nSPS) is 28.1. The molecule has 34 heavy (non-hydrogen) atoms. The number of nitrogens with one attached hydrogen (secondary N) is 2. The first-order valence-corrected chi connectivity index (χ1v) is 11.6. The lowest BCUT2D eigenvalue weighted by Gasteiger charge is -2.70. The second-order valence-corrected chi connectivity index (χ2v) is 10.2. The number of hydrogen-bond donors (Lipinski definition) is 4. The molecule has 5 aliphatic rings. The van der Waals surface area contributed by atoms with E-state index in [0.29, 0.717) is 24.0 Å². The molecular formula is C26H26N2O6. The number of ketones is 2. The first-order chi connectivity index (χ1) is 16.2. The van der Waals surface area contributed by atoms with Crippen LogP contribution in [-0.4, -0.2) is 52.9 Å². The van der Waals surface area contributed by atoms with E-state index in [4.69, 9.17) is 4.74 Å². The Morgan fingerprint density at radius 3 is 2.35 bits per heavy atom. The van der Waals surface area contributed by atoms with Gasteiger partial charge in [0.1, 0.15) is 17.2 Å². The van der Waals surface area contributed by atoms with Gasteiger partial charge in [0, 0.05) is 33.7 Å². The van der Waals surface area contributed by atoms with Crippen LogP contribution in [0.4, 0.5) is 0 Å². The lowest BCUT2D eigenvalue weighted by Crippen LogP contribution is -2.83. The molecule has 0 radical (unpaired) electrons. The number of methoxy groups -OCH3 is 1. The highest BCUT2D eigenvalue weighted by molar-refractivity contribution is 6.31. The van der Waals surface area contributed by atoms with E-state index < -0.39 is 11.6 Å². The van der Waals surface area contributed by atoms with Gasteiger partial charge in [-0.15, -0.1) is 0 Å². The van der Waals surface area contributed by atoms with E-state index in [1.165, 1.54) is 13.2 Å². The number of ether oxygens (including phenoxy) is 1. The van der Waals surface area contributed by atoms with Gasteiger partial charge in [-0.05, 0) is 51.6 Å². The maximum absolute atomic E-state index is 13.3. The molecule has 1 amide bonds. The molecule has 0 heterocycles. The number of phenolic OH excluding ortho intramolecular Hbond substituents is 2. The maximum Gasteiger partial charge on any atom is 0.223 e. The zero-order chi connectivity index (χ0) is 24.0. The summed E-state index contributed by atoms with van der Waals surface area (Å²) in [7, 11) is 3.35. The van der Waals surface area contributed by atoms with Crippen LogP contribution in [0.1, 0.15) is 68.7 Å². The van der Waals surface area contributed by atoms with Gasteiger partial charge in [-0.2, -0.15) is 0 Å². The third kappa shape index (κ3) is 2.60. The number of phenols is 2. The van der Waals surface area contributed by atoms with Gasteiger partial charge in [0.25, 0.3) is 0 Å². The SMILES string of the molecule is CNC12CC(NC(=O)C3CCc4c(O)c5c(c(O)c4C3)C(=O)c3cccc(OC)c3C5=O)(C1)C2. The lowest BCUT2D eigenvalue weighted by atomic mass is 9.44. The number of amides is 1. The summed E-state index contributed by atoms with van der Waals surface area (Å²) in [4.78, 5) is 39.7. The minimum absolute atomic E-state index is 0.0656. The molecule has 8 nitrogen and oxygen atoms in total. The molecule has 2 aromatic carbocycles. The summed E-state index contributed by atoms with van der Waals surface area (Å²) < 4.78 is 5.27. The maximum atomic E-state index is 13.3. The Hall–Kier alpha value is -3.39. The molecule has 1 unspecified atom stereocenters. The topological polar surface area (TPSA) is 125 Å². The first-order valence-electron chi connectivity index (χ1n) is 11.6. The van der Waals surface area contributed by atoms with Gasteiger partial charge < -0.3 is 25.6 Å². The zero-order valence-corrected chi connectivity index (χ0v) is 19.1. The summed E-state index contributed by atoms with van der Waals surface area (Å²) in [5.74, 6) is -1.90. The molecule has 0 aliphatic heterocycles. The predicted molar refractivity (Wildman–Crippen MR) is 122 cm³/mol. The van der Waals surface area contributed by atoms with E-state index >= 15 is 0 Å². The smallest absolute Gasteiger partial charge is 0.223 e. The first kappa shape index (κ1) is 21.2. The van der Waals surface area contributed by atoms with Crippen LogP contribution in [-0.2, 0) is 17.6 Å². The highest BCUT2D eigenvalue weighted by atomic mass is 16.5. The van der Waals surface area contributed by atoms with Crippen LogP contribution >= 0.6 is 0 Å². The molecule has 0 spiro atoms. The van der Waals surface area contributed by atoms with Gasteiger partial charge in [0.05, 0.1) is 23.8 Å². The molecule has 7 rings (SSSR count). The molecule has 8 heteroatoms. The van der Waals surface area contributed by atoms with E-state index in [9.17, 15) is 24.6 Å². The number of fused-ring (bicyclic) bond motifs is 3. The van der Waals surface area contributed by atoms with Crippen molar-refractivity contribution in [3.05, 3.63) is 51.6 Å². The Kier molecular flexibility index (Phi) is 4.25. The Bertz CT molecular complexity index is 1290. The molecule has 1 atom stereocenters. The number of carbonyl (C=O) groups is 3. The highest BCUT2D eigenvalue weighted by Crippen LogP contribution is 2.60. The summed E-state index contributed by atoms with van der Waals surface area (Å²) in [6.07, 6.45) is 3.78. The average molecular weight is 463 g/mol. The molecule has 3 saturated carbocycles. The number of carbonyl (C=O) groups excluding carboxylic acids is 3. The van der Waals surface area contributed by atoms with Crippen molar-refractivity contribution >= 4 is 17.5 Å². The monoisotopic (exact) mass is 462 g/mol. The van der Waals surface area contributed by atoms with Crippen molar-refractivity contribution in [1.82, 2.24) is 10.6 Å². The Labute approximate surface area is 196 Å². The van der Waals surface area contributed by atoms with Gasteiger partial charge in [-0.1, -0.05) is 12.1 Å². The molecule has 5 aliphatic carbocycles. The van der Waals surface area contributed by atoms with Crippen LogP contribution in [0.2, 0.25) is 0 Å². The fourth-order valence-corrected chi connectivity index (χ4v) is 6.58. The van der Waals surface area contributed by atoms with Crippen molar-refractivity contribution in [3.63, 3.8) is 0 Å². The van der Waals surface area contributed by atoms with Crippen molar-refractivity contribution in [2.75, 3.05) is 14.2 Å². The molecule has 0 aromatic heterocycles. The van der Waals surface area contributed by atoms with Crippen molar-refractivity contribution in [3.8, 4) is 17.2 Å². The Balaban J connectivity index is 1.34. The van der Waals surface area contributed by atoms with Crippen LogP contribution in [0.5, 0.6) is 17.2 Å². The zero-order valence-electron chi connectivity index (χ0n) is 19.1. The predicted octanol–water partition coefficient (Wildman–Crippen LogP) is 2.00. The second kappa shape index (κ2) is 6.82. The minimum atomic E-state index is -0.556. The quantitative estimate of drug-likeness (QED) is 0.437. The number of rotatable bonds is 4. The molecule has 3 fully saturated rings. The summed E-state index contributed by atoms with van der Waals surface area (Å²) in [5.41, 5.74) is 0.666. The standard InChI is InChI=1S/C26H26N2O6/c1-27-25-9-26(10-25,11-25)28-24(33)12-6-7-13-15(8-12)22(31)18-19(20(13)29)23(32)17-14(21(18)30)4-3-5-16(17)34-2/h3-5,12,27,29,31H,6-11H2,1-2H3,(H,28,33). The number of benzene rings is 2. The molecule has 0 saturated heterocycles. The second-order valence-electron chi connectivity index (χ2n) is 10.2. The van der Waals surface area contributed by atoms with Gasteiger partial charge >= 0.3 is 0 Å². The van der Waals surface area contributed by atoms with Crippen LogP contribution in [0.15, 0.2) is 18.2 Å². The largest absolute Gasteiger partial charge is 0.507 e. The van der Waals surface area contributed by atoms with Gasteiger partial charge in [0.2, 0.25) is 11.7 Å². The molecule has 4 N–H and O–H groups in total. The summed E-state index contributed by atoms with van der Waals surface area (Å²) in [5, 5.41) is 28.7. The van der Waals surface area contributed by atoms with E-state index in [2.05, 4.69) is 10.6 Å². The third-order valence-corrected chi connectivity index (χ3v) is 8.34. The average Bonchev–Trinajstić information content (AvgIpc) is 2.80. The van der Waals surface area contributed by atoms with Gasteiger partial charge in [0.15, 0.2) is 5.78 Å². The number of hydrogen-bond acceptors (Lipinski definition) is 7. The molecule has 176 valence electrons. The van der Waals surface area contributed by atoms with Crippen LogP contribution in [0.25, 0.3) is 0 Å². The van der Waals surface area contributed by atoms with Crippen molar-refractivity contribution in [2.24, 2.45) is 5.92 Å². The molecular weight excluding hydrogens is 436 g/mol. The molecule has 2 aromatic rings. The van der Waals surface area contributed by atoms with Crippen LogP contribution in [0, 0.1) is 5.92 Å². The summed E-state index contributed by atoms with van der Waals surface area (Å²) in [6, 6.07) is 4.69. The summed E-state index contributed by atoms with van der Waals surface area (Å²) in [6.45, 7) is 0. The van der Waals surface area contributed by atoms with Crippen LogP contribution in [0.3, 0.4) is 0 Å². The van der Waals surface area contributed by atoms with E-state index in [1.807, 2.05) is 7.05 Å². The molecule has 2 bridgehead atoms. The van der Waals surface area contributed by atoms with E-state index in [-0.39, 0.29) is 68.8 Å². The Morgan fingerprint density at radius 1 is 1.00 bits per heavy atom. The lowest BCUT2D eigenvalue weighted by molar-refractivity contribution is -0.144. The van der Waals surface area contributed by atoms with Crippen molar-refractivity contribution in [1.29, 1.82) is 0 Å². The van der Waals surface area contributed by atoms with E-state index in [1.54, 1.807) is 12.1 Å². The van der Waals surface area contributed by atoms with Crippen LogP contribution < -0.4 is 15.4 Å². The highest BCUT2D eigenvalue weighted by Gasteiger charge is 2.68. The minimum Gasteiger partial charge on any atom is -0.507 e.